The van der Waals surface area contributed by atoms with Crippen LogP contribution >= 0.6 is 0 Å². The Kier molecular flexibility index (Phi) is 7.69. The molecule has 3 aliphatic carbocycles. The first-order valence-electron chi connectivity index (χ1n) is 12.3. The van der Waals surface area contributed by atoms with E-state index in [2.05, 4.69) is 46.4 Å². The molecule has 0 aromatic carbocycles. The van der Waals surface area contributed by atoms with Crippen molar-refractivity contribution in [1.29, 1.82) is 0 Å². The zero-order valence-electron chi connectivity index (χ0n) is 19.6. The highest BCUT2D eigenvalue weighted by Gasteiger charge is 2.50. The van der Waals surface area contributed by atoms with Gasteiger partial charge in [-0.3, -0.25) is 0 Å². The average molecular weight is 417 g/mol. The van der Waals surface area contributed by atoms with Crippen LogP contribution in [0.25, 0.3) is 0 Å². The van der Waals surface area contributed by atoms with Gasteiger partial charge in [-0.15, -0.1) is 0 Å². The fourth-order valence-electron chi connectivity index (χ4n) is 6.65. The molecule has 3 rings (SSSR count). The van der Waals surface area contributed by atoms with Crippen molar-refractivity contribution < 1.29 is 15.3 Å². The van der Waals surface area contributed by atoms with Gasteiger partial charge in [0.25, 0.3) is 0 Å². The van der Waals surface area contributed by atoms with Gasteiger partial charge in [-0.05, 0) is 91.6 Å². The number of aliphatic hydroxyl groups excluding tert-OH is 3. The second kappa shape index (κ2) is 9.71. The van der Waals surface area contributed by atoms with Crippen LogP contribution in [0.1, 0.15) is 85.5 Å². The minimum Gasteiger partial charge on any atom is -0.393 e. The summed E-state index contributed by atoms with van der Waals surface area (Å²) < 4.78 is 0. The van der Waals surface area contributed by atoms with Gasteiger partial charge in [0.1, 0.15) is 0 Å². The van der Waals surface area contributed by atoms with E-state index in [1.54, 1.807) is 5.57 Å². The summed E-state index contributed by atoms with van der Waals surface area (Å²) in [5.74, 6) is 2.35. The number of fused-ring (bicyclic) bond motifs is 1. The van der Waals surface area contributed by atoms with Gasteiger partial charge in [0.05, 0.1) is 18.3 Å². The molecule has 0 amide bonds. The van der Waals surface area contributed by atoms with Gasteiger partial charge in [0.2, 0.25) is 0 Å². The number of hydrogen-bond donors (Lipinski definition) is 3. The van der Waals surface area contributed by atoms with Gasteiger partial charge in [-0.1, -0.05) is 52.0 Å². The lowest BCUT2D eigenvalue weighted by Crippen LogP contribution is -2.36. The summed E-state index contributed by atoms with van der Waals surface area (Å²) in [6.07, 6.45) is 12.4. The van der Waals surface area contributed by atoms with Crippen LogP contribution in [0.5, 0.6) is 0 Å². The minimum absolute atomic E-state index is 0.180. The molecule has 3 nitrogen and oxygen atoms in total. The first kappa shape index (κ1) is 23.8. The van der Waals surface area contributed by atoms with Gasteiger partial charge < -0.3 is 15.3 Å². The monoisotopic (exact) mass is 416 g/mol. The Morgan fingerprint density at radius 2 is 1.87 bits per heavy atom. The smallest absolute Gasteiger partial charge is 0.0811 e. The predicted molar refractivity (Wildman–Crippen MR) is 124 cm³/mol. The molecule has 7 atom stereocenters. The molecule has 0 aromatic heterocycles. The molecule has 3 aliphatic rings. The molecule has 0 aliphatic heterocycles. The highest BCUT2D eigenvalue weighted by Crippen LogP contribution is 2.60. The molecule has 0 bridgehead atoms. The van der Waals surface area contributed by atoms with E-state index in [-0.39, 0.29) is 6.10 Å². The summed E-state index contributed by atoms with van der Waals surface area (Å²) in [6, 6.07) is 0. The first-order chi connectivity index (χ1) is 14.1. The fourth-order valence-corrected chi connectivity index (χ4v) is 6.65. The molecular weight excluding hydrogens is 372 g/mol. The van der Waals surface area contributed by atoms with Crippen LogP contribution in [0.2, 0.25) is 0 Å². The molecule has 3 heteroatoms. The number of hydrogen-bond acceptors (Lipinski definition) is 3. The van der Waals surface area contributed by atoms with Crippen LogP contribution in [0.4, 0.5) is 0 Å². The second-order valence-electron chi connectivity index (χ2n) is 11.0. The van der Waals surface area contributed by atoms with Crippen molar-refractivity contribution in [3.05, 3.63) is 35.5 Å². The van der Waals surface area contributed by atoms with Crippen molar-refractivity contribution in [2.24, 2.45) is 29.1 Å². The Bertz CT molecular complexity index is 676. The molecule has 0 saturated heterocycles. The summed E-state index contributed by atoms with van der Waals surface area (Å²) in [7, 11) is 0. The summed E-state index contributed by atoms with van der Waals surface area (Å²) >= 11 is 0. The highest BCUT2D eigenvalue weighted by atomic mass is 16.3. The Morgan fingerprint density at radius 3 is 2.57 bits per heavy atom. The molecule has 3 fully saturated rings. The maximum Gasteiger partial charge on any atom is 0.0811 e. The van der Waals surface area contributed by atoms with Gasteiger partial charge in [-0.2, -0.15) is 0 Å². The summed E-state index contributed by atoms with van der Waals surface area (Å²) in [5, 5.41) is 30.4. The zero-order valence-corrected chi connectivity index (χ0v) is 19.6. The molecule has 0 radical (unpaired) electrons. The lowest BCUT2D eigenvalue weighted by molar-refractivity contribution is 0.0717. The largest absolute Gasteiger partial charge is 0.393 e. The third kappa shape index (κ3) is 4.95. The van der Waals surface area contributed by atoms with E-state index in [1.165, 1.54) is 25.7 Å². The van der Waals surface area contributed by atoms with Crippen molar-refractivity contribution >= 4 is 0 Å². The zero-order chi connectivity index (χ0) is 22.1. The van der Waals surface area contributed by atoms with E-state index in [9.17, 15) is 15.3 Å². The van der Waals surface area contributed by atoms with Crippen molar-refractivity contribution in [3.63, 3.8) is 0 Å². The van der Waals surface area contributed by atoms with E-state index in [0.717, 1.165) is 36.3 Å². The normalized spacial score (nSPS) is 39.5. The molecule has 7 unspecified atom stereocenters. The molecule has 3 N–H and O–H groups in total. The second-order valence-corrected chi connectivity index (χ2v) is 11.0. The summed E-state index contributed by atoms with van der Waals surface area (Å²) in [5.41, 5.74) is 3.69. The Labute approximate surface area is 184 Å². The van der Waals surface area contributed by atoms with Crippen molar-refractivity contribution in [3.8, 4) is 0 Å². The van der Waals surface area contributed by atoms with Crippen LogP contribution in [-0.2, 0) is 0 Å². The lowest BCUT2D eigenvalue weighted by atomic mass is 9.60. The average Bonchev–Trinajstić information content (AvgIpc) is 3.04. The molecule has 3 saturated carbocycles. The topological polar surface area (TPSA) is 60.7 Å². The van der Waals surface area contributed by atoms with Crippen LogP contribution < -0.4 is 0 Å². The standard InChI is InChI=1S/C27H44O3/c1-17(2)25(29)13-8-18(3)23-11-12-24-20(7-6-14-27(23,24)5)9-10-21-15-22(28)16-26(30)19(21)4/h9-10,17-18,22-26,28-30H,4,6-8,11-16H2,1-3,5H3/b20-9+,21-10-. The SMILES string of the molecule is C=C1/C(=C\C=C2/CCCC3(C)C2CCC3C(C)CCC(O)C(C)C)CC(O)CC1O. The Balaban J connectivity index is 1.72. The van der Waals surface area contributed by atoms with Crippen molar-refractivity contribution in [1.82, 2.24) is 0 Å². The third-order valence-corrected chi connectivity index (χ3v) is 8.68. The molecule has 0 heterocycles. The molecule has 30 heavy (non-hydrogen) atoms. The Morgan fingerprint density at radius 1 is 1.13 bits per heavy atom. The van der Waals surface area contributed by atoms with Gasteiger partial charge in [0.15, 0.2) is 0 Å². The van der Waals surface area contributed by atoms with Crippen molar-refractivity contribution in [2.75, 3.05) is 0 Å². The van der Waals surface area contributed by atoms with E-state index in [1.807, 2.05) is 0 Å². The minimum atomic E-state index is -0.618. The molecule has 0 spiro atoms. The maximum atomic E-state index is 10.3. The van der Waals surface area contributed by atoms with Gasteiger partial charge in [0, 0.05) is 6.42 Å². The summed E-state index contributed by atoms with van der Waals surface area (Å²) in [6.45, 7) is 13.2. The van der Waals surface area contributed by atoms with Crippen LogP contribution in [0, 0.1) is 29.1 Å². The molecular formula is C27H44O3. The number of allylic oxidation sites excluding steroid dienone is 3. The van der Waals surface area contributed by atoms with Crippen LogP contribution in [-0.4, -0.2) is 33.6 Å². The van der Waals surface area contributed by atoms with Gasteiger partial charge in [-0.25, -0.2) is 0 Å². The molecule has 0 aromatic rings. The highest BCUT2D eigenvalue weighted by molar-refractivity contribution is 5.38. The summed E-state index contributed by atoms with van der Waals surface area (Å²) in [4.78, 5) is 0. The van der Waals surface area contributed by atoms with Gasteiger partial charge >= 0.3 is 0 Å². The fraction of sp³-hybridized carbons (Fsp3) is 0.778. The van der Waals surface area contributed by atoms with Crippen LogP contribution in [0.3, 0.4) is 0 Å². The van der Waals surface area contributed by atoms with E-state index in [4.69, 9.17) is 0 Å². The lowest BCUT2D eigenvalue weighted by Gasteiger charge is -2.44. The van der Waals surface area contributed by atoms with E-state index in [0.29, 0.717) is 36.0 Å². The van der Waals surface area contributed by atoms with E-state index >= 15 is 0 Å². The Hall–Kier alpha value is -0.900. The number of rotatable bonds is 6. The molecule has 170 valence electrons. The quantitative estimate of drug-likeness (QED) is 0.531. The number of aliphatic hydroxyl groups is 3. The first-order valence-corrected chi connectivity index (χ1v) is 12.3. The van der Waals surface area contributed by atoms with Crippen molar-refractivity contribution in [2.45, 2.75) is 104 Å². The van der Waals surface area contributed by atoms with E-state index < -0.39 is 12.2 Å². The predicted octanol–water partition coefficient (Wildman–Crippen LogP) is 5.56. The maximum absolute atomic E-state index is 10.3. The third-order valence-electron chi connectivity index (χ3n) is 8.68. The van der Waals surface area contributed by atoms with Crippen LogP contribution in [0.15, 0.2) is 35.5 Å².